The van der Waals surface area contributed by atoms with E-state index in [1.165, 1.54) is 20.3 Å². The van der Waals surface area contributed by atoms with Crippen LogP contribution in [0.4, 0.5) is 18.9 Å². The van der Waals surface area contributed by atoms with E-state index in [9.17, 15) is 22.8 Å². The summed E-state index contributed by atoms with van der Waals surface area (Å²) < 4.78 is 55.3. The number of esters is 1. The van der Waals surface area contributed by atoms with E-state index in [0.717, 1.165) is 6.07 Å². The van der Waals surface area contributed by atoms with Crippen LogP contribution in [0.3, 0.4) is 0 Å². The summed E-state index contributed by atoms with van der Waals surface area (Å²) >= 11 is 0. The number of hydrogen-bond donors (Lipinski definition) is 1. The zero-order valence-corrected chi connectivity index (χ0v) is 15.4. The van der Waals surface area contributed by atoms with Crippen molar-refractivity contribution >= 4 is 28.5 Å². The highest BCUT2D eigenvalue weighted by Crippen LogP contribution is 2.26. The van der Waals surface area contributed by atoms with Crippen molar-refractivity contribution in [1.82, 2.24) is 0 Å². The number of halogens is 3. The number of anilines is 1. The molecule has 0 fully saturated rings. The van der Waals surface area contributed by atoms with Gasteiger partial charge in [-0.2, -0.15) is 0 Å². The normalized spacial score (nSPS) is 11.9. The summed E-state index contributed by atoms with van der Waals surface area (Å²) in [6.45, 7) is 1.27. The predicted octanol–water partition coefficient (Wildman–Crippen LogP) is 3.97. The maximum atomic E-state index is 13.6. The van der Waals surface area contributed by atoms with Crippen molar-refractivity contribution in [3.63, 3.8) is 0 Å². The first-order chi connectivity index (χ1) is 13.8. The maximum Gasteiger partial charge on any atom is 0.311 e. The average molecular weight is 407 g/mol. The Morgan fingerprint density at radius 3 is 2.62 bits per heavy atom. The summed E-state index contributed by atoms with van der Waals surface area (Å²) in [5, 5.41) is 2.74. The van der Waals surface area contributed by atoms with Crippen LogP contribution in [-0.4, -0.2) is 25.1 Å². The van der Waals surface area contributed by atoms with E-state index < -0.39 is 41.1 Å². The van der Waals surface area contributed by atoms with Gasteiger partial charge < -0.3 is 19.2 Å². The van der Waals surface area contributed by atoms with Crippen LogP contribution in [0.5, 0.6) is 5.75 Å². The Labute approximate surface area is 163 Å². The summed E-state index contributed by atoms with van der Waals surface area (Å²) in [6.07, 6.45) is -0.0724. The lowest BCUT2D eigenvalue weighted by atomic mass is 10.1. The molecular formula is C20H16F3NO5. The van der Waals surface area contributed by atoms with Gasteiger partial charge in [0.25, 0.3) is 5.91 Å². The standard InChI is InChI=1S/C20H16F3NO5/c1-10(20(26)24-15-6-5-14(21)18(22)19(15)23)29-17(25)7-11-9-28-16-8-12(27-2)3-4-13(11)16/h3-6,8-10H,7H2,1-2H3,(H,24,26). The summed E-state index contributed by atoms with van der Waals surface area (Å²) in [5.41, 5.74) is 0.505. The monoisotopic (exact) mass is 407 g/mol. The number of nitrogens with one attached hydrogen (secondary N) is 1. The average Bonchev–Trinajstić information content (AvgIpc) is 3.09. The second kappa shape index (κ2) is 8.26. The van der Waals surface area contributed by atoms with Gasteiger partial charge in [-0.25, -0.2) is 13.2 Å². The fourth-order valence-corrected chi connectivity index (χ4v) is 2.63. The Morgan fingerprint density at radius 2 is 1.90 bits per heavy atom. The molecule has 0 saturated heterocycles. The number of benzene rings is 2. The van der Waals surface area contributed by atoms with E-state index in [1.807, 2.05) is 0 Å². The highest BCUT2D eigenvalue weighted by Gasteiger charge is 2.22. The molecule has 0 aliphatic carbocycles. The zero-order valence-electron chi connectivity index (χ0n) is 15.4. The molecule has 0 bridgehead atoms. The molecule has 2 aromatic carbocycles. The van der Waals surface area contributed by atoms with Crippen LogP contribution < -0.4 is 10.1 Å². The Morgan fingerprint density at radius 1 is 1.14 bits per heavy atom. The first kappa shape index (κ1) is 20.2. The molecule has 0 saturated carbocycles. The molecule has 1 amide bonds. The lowest BCUT2D eigenvalue weighted by Gasteiger charge is -2.14. The summed E-state index contributed by atoms with van der Waals surface area (Å²) in [7, 11) is 1.51. The van der Waals surface area contributed by atoms with Crippen molar-refractivity contribution < 1.29 is 36.7 Å². The molecule has 1 N–H and O–H groups in total. The quantitative estimate of drug-likeness (QED) is 0.494. The van der Waals surface area contributed by atoms with Gasteiger partial charge in [0.2, 0.25) is 0 Å². The first-order valence-electron chi connectivity index (χ1n) is 8.48. The van der Waals surface area contributed by atoms with Crippen LogP contribution in [-0.2, 0) is 20.7 Å². The number of carbonyl (C=O) groups is 2. The van der Waals surface area contributed by atoms with Crippen molar-refractivity contribution in [2.45, 2.75) is 19.4 Å². The molecule has 29 heavy (non-hydrogen) atoms. The number of amides is 1. The van der Waals surface area contributed by atoms with Crippen molar-refractivity contribution in [3.05, 3.63) is 59.6 Å². The van der Waals surface area contributed by atoms with Crippen molar-refractivity contribution in [2.24, 2.45) is 0 Å². The number of rotatable bonds is 6. The number of furan rings is 1. The number of ether oxygens (including phenoxy) is 2. The summed E-state index contributed by atoms with van der Waals surface area (Å²) in [5.74, 6) is -5.67. The van der Waals surface area contributed by atoms with Gasteiger partial charge in [-0.05, 0) is 31.2 Å². The maximum absolute atomic E-state index is 13.6. The van der Waals surface area contributed by atoms with Gasteiger partial charge in [-0.15, -0.1) is 0 Å². The van der Waals surface area contributed by atoms with Crippen molar-refractivity contribution in [1.29, 1.82) is 0 Å². The SMILES string of the molecule is COc1ccc2c(CC(=O)OC(C)C(=O)Nc3ccc(F)c(F)c3F)coc2c1. The fraction of sp³-hybridized carbons (Fsp3) is 0.200. The lowest BCUT2D eigenvalue weighted by Crippen LogP contribution is -2.30. The zero-order chi connectivity index (χ0) is 21.1. The van der Waals surface area contributed by atoms with Crippen molar-refractivity contribution in [2.75, 3.05) is 12.4 Å². The Bertz CT molecular complexity index is 1080. The third kappa shape index (κ3) is 4.34. The molecule has 1 heterocycles. The Hall–Kier alpha value is -3.49. The molecule has 1 aromatic heterocycles. The number of carbonyl (C=O) groups excluding carboxylic acids is 2. The minimum atomic E-state index is -1.71. The van der Waals surface area contributed by atoms with E-state index >= 15 is 0 Å². The van der Waals surface area contributed by atoms with Gasteiger partial charge >= 0.3 is 5.97 Å². The van der Waals surface area contributed by atoms with Crippen LogP contribution in [0.15, 0.2) is 41.0 Å². The van der Waals surface area contributed by atoms with E-state index in [0.29, 0.717) is 28.3 Å². The molecule has 1 atom stereocenters. The molecule has 0 aliphatic heterocycles. The molecule has 0 spiro atoms. The van der Waals surface area contributed by atoms with Gasteiger partial charge in [0.15, 0.2) is 23.6 Å². The summed E-state index contributed by atoms with van der Waals surface area (Å²) in [6, 6.07) is 6.63. The van der Waals surface area contributed by atoms with Gasteiger partial charge in [-0.3, -0.25) is 9.59 Å². The second-order valence-electron chi connectivity index (χ2n) is 6.14. The van der Waals surface area contributed by atoms with Crippen LogP contribution >= 0.6 is 0 Å². The number of methoxy groups -OCH3 is 1. The van der Waals surface area contributed by atoms with Gasteiger partial charge in [-0.1, -0.05) is 0 Å². The van der Waals surface area contributed by atoms with Crippen LogP contribution in [0, 0.1) is 17.5 Å². The van der Waals surface area contributed by atoms with E-state index in [-0.39, 0.29) is 6.42 Å². The smallest absolute Gasteiger partial charge is 0.311 e. The highest BCUT2D eigenvalue weighted by molar-refractivity contribution is 5.95. The Balaban J connectivity index is 1.63. The molecular weight excluding hydrogens is 391 g/mol. The van der Waals surface area contributed by atoms with Crippen LogP contribution in [0.2, 0.25) is 0 Å². The van der Waals surface area contributed by atoms with Crippen molar-refractivity contribution in [3.8, 4) is 5.75 Å². The summed E-state index contributed by atoms with van der Waals surface area (Å²) in [4.78, 5) is 24.2. The molecule has 3 rings (SSSR count). The number of hydrogen-bond acceptors (Lipinski definition) is 5. The van der Waals surface area contributed by atoms with E-state index in [2.05, 4.69) is 5.32 Å². The highest BCUT2D eigenvalue weighted by atomic mass is 19.2. The van der Waals surface area contributed by atoms with Gasteiger partial charge in [0.1, 0.15) is 11.3 Å². The largest absolute Gasteiger partial charge is 0.497 e. The minimum absolute atomic E-state index is 0.170. The Kier molecular flexibility index (Phi) is 5.76. The molecule has 1 unspecified atom stereocenters. The van der Waals surface area contributed by atoms with E-state index in [1.54, 1.807) is 18.2 Å². The van der Waals surface area contributed by atoms with Crippen LogP contribution in [0.25, 0.3) is 11.0 Å². The molecule has 9 heteroatoms. The molecule has 152 valence electrons. The molecule has 6 nitrogen and oxygen atoms in total. The molecule has 0 aliphatic rings. The second-order valence-corrected chi connectivity index (χ2v) is 6.14. The third-order valence-electron chi connectivity index (χ3n) is 4.17. The van der Waals surface area contributed by atoms with E-state index in [4.69, 9.17) is 13.9 Å². The molecule has 0 radical (unpaired) electrons. The first-order valence-corrected chi connectivity index (χ1v) is 8.48. The predicted molar refractivity (Wildman–Crippen MR) is 97.0 cm³/mol. The van der Waals surface area contributed by atoms with Crippen LogP contribution in [0.1, 0.15) is 12.5 Å². The number of fused-ring (bicyclic) bond motifs is 1. The topological polar surface area (TPSA) is 77.8 Å². The van der Waals surface area contributed by atoms with Gasteiger partial charge in [0, 0.05) is 17.0 Å². The third-order valence-corrected chi connectivity index (χ3v) is 4.17. The fourth-order valence-electron chi connectivity index (χ4n) is 2.63. The molecule has 3 aromatic rings. The van der Waals surface area contributed by atoms with Gasteiger partial charge in [0.05, 0.1) is 25.5 Å². The minimum Gasteiger partial charge on any atom is -0.497 e. The lowest BCUT2D eigenvalue weighted by molar-refractivity contribution is -0.152.